The van der Waals surface area contributed by atoms with Gasteiger partial charge in [0, 0.05) is 5.92 Å². The van der Waals surface area contributed by atoms with Crippen LogP contribution < -0.4 is 0 Å². The van der Waals surface area contributed by atoms with Gasteiger partial charge in [-0.1, -0.05) is 31.3 Å². The average Bonchev–Trinajstić information content (AvgIpc) is 1.98. The first-order chi connectivity index (χ1) is 4.85. The molecule has 0 aromatic carbocycles. The fourth-order valence-electron chi connectivity index (χ4n) is 1.06. The first-order valence-corrected chi connectivity index (χ1v) is 5.31. The molecule has 0 saturated heterocycles. The Morgan fingerprint density at radius 3 is 2.50 bits per heavy atom. The fourth-order valence-corrected chi connectivity index (χ4v) is 1.79. The SMILES string of the molecule is CCCCC(CC)C[PH+]=O. The van der Waals surface area contributed by atoms with Gasteiger partial charge in [-0.15, -0.1) is 0 Å². The molecule has 0 radical (unpaired) electrons. The van der Waals surface area contributed by atoms with Crippen LogP contribution in [-0.2, 0) is 4.57 Å². The molecule has 2 atom stereocenters. The molecule has 0 saturated carbocycles. The average molecular weight is 161 g/mol. The second-order valence-electron chi connectivity index (χ2n) is 2.76. The highest BCUT2D eigenvalue weighted by molar-refractivity contribution is 7.23. The predicted octanol–water partition coefficient (Wildman–Crippen LogP) is 3.23. The predicted molar refractivity (Wildman–Crippen MR) is 47.2 cm³/mol. The van der Waals surface area contributed by atoms with Crippen molar-refractivity contribution in [2.24, 2.45) is 5.92 Å². The molecule has 0 aromatic heterocycles. The number of hydrogen-bond donors (Lipinski definition) is 0. The standard InChI is InChI=1S/C8H17OP/c1-3-5-6-8(4-2)7-10-9/h8H,3-7H2,1-2H3/p+1. The normalized spacial score (nSPS) is 13.8. The quantitative estimate of drug-likeness (QED) is 0.546. The minimum atomic E-state index is -0.0938. The van der Waals surface area contributed by atoms with E-state index in [1.165, 1.54) is 25.7 Å². The summed E-state index contributed by atoms with van der Waals surface area (Å²) >= 11 is 0. The summed E-state index contributed by atoms with van der Waals surface area (Å²) in [5, 5.41) is 0. The molecular weight excluding hydrogens is 143 g/mol. The third kappa shape index (κ3) is 4.93. The van der Waals surface area contributed by atoms with Gasteiger partial charge in [0.1, 0.15) is 6.16 Å². The Bertz CT molecular complexity index is 83.3. The van der Waals surface area contributed by atoms with Crippen molar-refractivity contribution in [3.05, 3.63) is 0 Å². The van der Waals surface area contributed by atoms with Crippen LogP contribution in [0.1, 0.15) is 39.5 Å². The van der Waals surface area contributed by atoms with Gasteiger partial charge in [0.05, 0.1) is 0 Å². The van der Waals surface area contributed by atoms with Crippen LogP contribution in [0.15, 0.2) is 0 Å². The molecule has 2 heteroatoms. The van der Waals surface area contributed by atoms with Crippen molar-refractivity contribution < 1.29 is 4.57 Å². The molecule has 0 fully saturated rings. The second-order valence-corrected chi connectivity index (χ2v) is 3.46. The summed E-state index contributed by atoms with van der Waals surface area (Å²) in [4.78, 5) is 0. The van der Waals surface area contributed by atoms with Crippen LogP contribution in [-0.4, -0.2) is 6.16 Å². The Balaban J connectivity index is 3.29. The highest BCUT2D eigenvalue weighted by Crippen LogP contribution is 2.16. The smallest absolute Gasteiger partial charge is 0.0775 e. The van der Waals surface area contributed by atoms with Gasteiger partial charge in [0.15, 0.2) is 0 Å². The summed E-state index contributed by atoms with van der Waals surface area (Å²) in [6, 6.07) is 0. The van der Waals surface area contributed by atoms with Gasteiger partial charge in [-0.2, -0.15) is 0 Å². The summed E-state index contributed by atoms with van der Waals surface area (Å²) < 4.78 is 10.3. The van der Waals surface area contributed by atoms with Crippen LogP contribution in [0.4, 0.5) is 0 Å². The minimum absolute atomic E-state index is 0.0938. The largest absolute Gasteiger partial charge is 0.325 e. The van der Waals surface area contributed by atoms with Gasteiger partial charge in [-0.05, 0) is 12.8 Å². The van der Waals surface area contributed by atoms with Crippen LogP contribution in [0.5, 0.6) is 0 Å². The molecule has 60 valence electrons. The molecule has 0 heterocycles. The molecule has 0 aromatic rings. The fraction of sp³-hybridized carbons (Fsp3) is 1.00. The third-order valence-electron chi connectivity index (χ3n) is 1.92. The van der Waals surface area contributed by atoms with Gasteiger partial charge < -0.3 is 0 Å². The Morgan fingerprint density at radius 1 is 1.40 bits per heavy atom. The van der Waals surface area contributed by atoms with E-state index in [1.807, 2.05) is 0 Å². The molecule has 0 aliphatic rings. The van der Waals surface area contributed by atoms with E-state index >= 15 is 0 Å². The lowest BCUT2D eigenvalue weighted by Gasteiger charge is -2.05. The number of rotatable bonds is 6. The molecular formula is C8H18OP+. The van der Waals surface area contributed by atoms with Gasteiger partial charge in [0.25, 0.3) is 0 Å². The topological polar surface area (TPSA) is 17.1 Å². The zero-order valence-electron chi connectivity index (χ0n) is 7.02. The van der Waals surface area contributed by atoms with Crippen LogP contribution in [0.2, 0.25) is 0 Å². The molecule has 0 spiro atoms. The van der Waals surface area contributed by atoms with E-state index in [2.05, 4.69) is 13.8 Å². The molecule has 1 nitrogen and oxygen atoms in total. The van der Waals surface area contributed by atoms with Crippen molar-refractivity contribution in [3.63, 3.8) is 0 Å². The maximum absolute atomic E-state index is 10.3. The Morgan fingerprint density at radius 2 is 2.10 bits per heavy atom. The van der Waals surface area contributed by atoms with Crippen molar-refractivity contribution in [1.29, 1.82) is 0 Å². The van der Waals surface area contributed by atoms with Gasteiger partial charge >= 0.3 is 8.46 Å². The van der Waals surface area contributed by atoms with Crippen LogP contribution in [0, 0.1) is 5.92 Å². The van der Waals surface area contributed by atoms with Crippen molar-refractivity contribution in [1.82, 2.24) is 0 Å². The molecule has 10 heavy (non-hydrogen) atoms. The first kappa shape index (κ1) is 10.1. The van der Waals surface area contributed by atoms with Crippen molar-refractivity contribution in [3.8, 4) is 0 Å². The Kier molecular flexibility index (Phi) is 7.28. The van der Waals surface area contributed by atoms with E-state index in [0.29, 0.717) is 0 Å². The lowest BCUT2D eigenvalue weighted by atomic mass is 10.0. The molecule has 0 N–H and O–H groups in total. The van der Waals surface area contributed by atoms with Crippen LogP contribution in [0.3, 0.4) is 0 Å². The summed E-state index contributed by atoms with van der Waals surface area (Å²) in [5.74, 6) is 0.718. The zero-order chi connectivity index (χ0) is 7.82. The minimum Gasteiger partial charge on any atom is -0.0775 e. The third-order valence-corrected chi connectivity index (χ3v) is 2.66. The molecule has 2 unspecified atom stereocenters. The van der Waals surface area contributed by atoms with Crippen molar-refractivity contribution in [2.45, 2.75) is 39.5 Å². The van der Waals surface area contributed by atoms with Gasteiger partial charge in [0.2, 0.25) is 0 Å². The number of unbranched alkanes of at least 4 members (excludes halogenated alkanes) is 1. The zero-order valence-corrected chi connectivity index (χ0v) is 8.02. The van der Waals surface area contributed by atoms with Crippen LogP contribution >= 0.6 is 8.46 Å². The summed E-state index contributed by atoms with van der Waals surface area (Å²) in [5.41, 5.74) is 0. The highest BCUT2D eigenvalue weighted by Gasteiger charge is 2.08. The summed E-state index contributed by atoms with van der Waals surface area (Å²) in [6.07, 6.45) is 5.93. The van der Waals surface area contributed by atoms with E-state index in [0.717, 1.165) is 12.1 Å². The Labute approximate surface area is 65.4 Å². The maximum atomic E-state index is 10.3. The van der Waals surface area contributed by atoms with E-state index in [4.69, 9.17) is 0 Å². The lowest BCUT2D eigenvalue weighted by Crippen LogP contribution is -1.99. The molecule has 0 bridgehead atoms. The summed E-state index contributed by atoms with van der Waals surface area (Å²) in [7, 11) is -0.0938. The van der Waals surface area contributed by atoms with Crippen LogP contribution in [0.25, 0.3) is 0 Å². The maximum Gasteiger partial charge on any atom is 0.325 e. The van der Waals surface area contributed by atoms with E-state index in [-0.39, 0.29) is 8.46 Å². The molecule has 0 aliphatic carbocycles. The Hall–Kier alpha value is 0.100. The van der Waals surface area contributed by atoms with Gasteiger partial charge in [-0.3, -0.25) is 0 Å². The van der Waals surface area contributed by atoms with E-state index in [9.17, 15) is 4.57 Å². The van der Waals surface area contributed by atoms with Gasteiger partial charge in [-0.25, -0.2) is 0 Å². The van der Waals surface area contributed by atoms with Crippen molar-refractivity contribution in [2.75, 3.05) is 6.16 Å². The molecule has 0 rings (SSSR count). The monoisotopic (exact) mass is 161 g/mol. The molecule has 0 aliphatic heterocycles. The first-order valence-electron chi connectivity index (χ1n) is 4.20. The number of hydrogen-bond acceptors (Lipinski definition) is 1. The van der Waals surface area contributed by atoms with E-state index in [1.54, 1.807) is 0 Å². The van der Waals surface area contributed by atoms with E-state index < -0.39 is 0 Å². The van der Waals surface area contributed by atoms with Crippen molar-refractivity contribution >= 4 is 8.46 Å². The molecule has 0 amide bonds. The highest BCUT2D eigenvalue weighted by atomic mass is 31.1. The second kappa shape index (κ2) is 7.21. The lowest BCUT2D eigenvalue weighted by molar-refractivity contribution is 0.491. The summed E-state index contributed by atoms with van der Waals surface area (Å²) in [6.45, 7) is 4.38.